The van der Waals surface area contributed by atoms with Crippen LogP contribution in [0.15, 0.2) is 24.4 Å². The Morgan fingerprint density at radius 2 is 2.20 bits per heavy atom. The summed E-state index contributed by atoms with van der Waals surface area (Å²) in [6.07, 6.45) is 2.05. The number of alkyl halides is 1. The van der Waals surface area contributed by atoms with Crippen molar-refractivity contribution < 1.29 is 4.79 Å². The van der Waals surface area contributed by atoms with E-state index in [1.54, 1.807) is 18.3 Å². The molecule has 0 radical (unpaired) electrons. The van der Waals surface area contributed by atoms with Crippen molar-refractivity contribution in [2.24, 2.45) is 0 Å². The maximum atomic E-state index is 11.7. The van der Waals surface area contributed by atoms with Gasteiger partial charge in [-0.3, -0.25) is 4.79 Å². The summed E-state index contributed by atoms with van der Waals surface area (Å²) in [6.45, 7) is 0. The summed E-state index contributed by atoms with van der Waals surface area (Å²) in [7, 11) is 0. The summed E-state index contributed by atoms with van der Waals surface area (Å²) in [6, 6.07) is 5.43. The molecule has 0 atom stereocenters. The first-order chi connectivity index (χ1) is 7.22. The zero-order chi connectivity index (χ0) is 10.8. The highest BCUT2D eigenvalue weighted by atomic mass is 35.5. The van der Waals surface area contributed by atoms with E-state index in [1.807, 2.05) is 6.07 Å². The van der Waals surface area contributed by atoms with Crippen molar-refractivity contribution >= 4 is 39.9 Å². The van der Waals surface area contributed by atoms with E-state index < -0.39 is 0 Å². The van der Waals surface area contributed by atoms with E-state index in [1.165, 1.54) is 0 Å². The molecule has 0 amide bonds. The number of halogens is 2. The molecule has 2 nitrogen and oxygen atoms in total. The predicted molar refractivity (Wildman–Crippen MR) is 63.0 cm³/mol. The molecule has 0 bridgehead atoms. The first-order valence-corrected chi connectivity index (χ1v) is 5.49. The highest BCUT2D eigenvalue weighted by molar-refractivity contribution is 6.31. The van der Waals surface area contributed by atoms with Crippen molar-refractivity contribution in [1.82, 2.24) is 4.98 Å². The molecule has 4 heteroatoms. The van der Waals surface area contributed by atoms with Gasteiger partial charge in [-0.25, -0.2) is 0 Å². The van der Waals surface area contributed by atoms with Gasteiger partial charge in [0.05, 0.1) is 0 Å². The Bertz CT molecular complexity index is 504. The molecule has 78 valence electrons. The van der Waals surface area contributed by atoms with Crippen molar-refractivity contribution in [3.8, 4) is 0 Å². The second-order valence-corrected chi connectivity index (χ2v) is 4.07. The maximum Gasteiger partial charge on any atom is 0.166 e. The number of rotatable bonds is 3. The topological polar surface area (TPSA) is 32.9 Å². The fourth-order valence-electron chi connectivity index (χ4n) is 1.54. The Labute approximate surface area is 97.2 Å². The molecule has 15 heavy (non-hydrogen) atoms. The number of carbonyl (C=O) groups excluding carboxylic acids is 1. The van der Waals surface area contributed by atoms with Crippen LogP contribution in [0.5, 0.6) is 0 Å². The van der Waals surface area contributed by atoms with Gasteiger partial charge >= 0.3 is 0 Å². The Morgan fingerprint density at radius 3 is 2.93 bits per heavy atom. The van der Waals surface area contributed by atoms with Crippen molar-refractivity contribution in [2.45, 2.75) is 6.42 Å². The molecule has 0 aliphatic carbocycles. The van der Waals surface area contributed by atoms with Crippen LogP contribution in [0.25, 0.3) is 10.9 Å². The average Bonchev–Trinajstić information content (AvgIpc) is 2.60. The Morgan fingerprint density at radius 1 is 1.40 bits per heavy atom. The molecule has 0 unspecified atom stereocenters. The third-order valence-electron chi connectivity index (χ3n) is 2.27. The number of hydrogen-bond donors (Lipinski definition) is 1. The fraction of sp³-hybridized carbons (Fsp3) is 0.182. The lowest BCUT2D eigenvalue weighted by atomic mass is 10.1. The molecule has 0 aliphatic heterocycles. The van der Waals surface area contributed by atoms with Gasteiger partial charge in [0.25, 0.3) is 0 Å². The lowest BCUT2D eigenvalue weighted by Crippen LogP contribution is -1.98. The molecule has 0 saturated heterocycles. The highest BCUT2D eigenvalue weighted by Gasteiger charge is 2.11. The van der Waals surface area contributed by atoms with E-state index in [0.29, 0.717) is 22.9 Å². The molecular formula is C11H9Cl2NO. The number of H-pyrrole nitrogens is 1. The average molecular weight is 242 g/mol. The lowest BCUT2D eigenvalue weighted by Gasteiger charge is -1.96. The number of nitrogens with one attached hydrogen (secondary N) is 1. The standard InChI is InChI=1S/C11H9Cl2NO/c12-4-3-11(15)9-6-14-10-2-1-7(13)5-8(9)10/h1-2,5-6,14H,3-4H2. The number of ketones is 1. The molecule has 1 N–H and O–H groups in total. The third-order valence-corrected chi connectivity index (χ3v) is 2.69. The van der Waals surface area contributed by atoms with Crippen LogP contribution in [-0.4, -0.2) is 16.6 Å². The van der Waals surface area contributed by atoms with E-state index >= 15 is 0 Å². The summed E-state index contributed by atoms with van der Waals surface area (Å²) in [5.41, 5.74) is 1.57. The summed E-state index contributed by atoms with van der Waals surface area (Å²) in [5.74, 6) is 0.380. The van der Waals surface area contributed by atoms with Crippen LogP contribution in [-0.2, 0) is 0 Å². The number of Topliss-reactive ketones (excluding diaryl/α,β-unsaturated/α-hetero) is 1. The van der Waals surface area contributed by atoms with Crippen molar-refractivity contribution in [2.75, 3.05) is 5.88 Å². The molecule has 0 saturated carbocycles. The number of carbonyl (C=O) groups is 1. The van der Waals surface area contributed by atoms with Crippen LogP contribution in [0.4, 0.5) is 0 Å². The maximum absolute atomic E-state index is 11.7. The Hall–Kier alpha value is -0.990. The second-order valence-electron chi connectivity index (χ2n) is 3.25. The third kappa shape index (κ3) is 2.01. The van der Waals surface area contributed by atoms with Gasteiger partial charge in [0.1, 0.15) is 0 Å². The predicted octanol–water partition coefficient (Wildman–Crippen LogP) is 3.63. The summed E-state index contributed by atoms with van der Waals surface area (Å²) in [4.78, 5) is 14.7. The minimum Gasteiger partial charge on any atom is -0.360 e. The molecular weight excluding hydrogens is 233 g/mol. The van der Waals surface area contributed by atoms with E-state index in [9.17, 15) is 4.79 Å². The number of aromatic nitrogens is 1. The van der Waals surface area contributed by atoms with Gasteiger partial charge in [-0.1, -0.05) is 11.6 Å². The van der Waals surface area contributed by atoms with E-state index in [-0.39, 0.29) is 5.78 Å². The first kappa shape index (κ1) is 10.5. The van der Waals surface area contributed by atoms with Gasteiger partial charge in [0.15, 0.2) is 5.78 Å². The van der Waals surface area contributed by atoms with Crippen LogP contribution >= 0.6 is 23.2 Å². The van der Waals surface area contributed by atoms with Crippen molar-refractivity contribution in [3.63, 3.8) is 0 Å². The monoisotopic (exact) mass is 241 g/mol. The molecule has 0 aliphatic rings. The van der Waals surface area contributed by atoms with Crippen molar-refractivity contribution in [3.05, 3.63) is 35.0 Å². The molecule has 0 fully saturated rings. The Kier molecular flexibility index (Phi) is 2.98. The van der Waals surface area contributed by atoms with Gasteiger partial charge in [-0.15, -0.1) is 11.6 Å². The highest BCUT2D eigenvalue weighted by Crippen LogP contribution is 2.23. The zero-order valence-electron chi connectivity index (χ0n) is 7.89. The van der Waals surface area contributed by atoms with E-state index in [0.717, 1.165) is 10.9 Å². The molecule has 0 spiro atoms. The SMILES string of the molecule is O=C(CCCl)c1c[nH]c2ccc(Cl)cc12. The minimum absolute atomic E-state index is 0.0403. The number of fused-ring (bicyclic) bond motifs is 1. The van der Waals surface area contributed by atoms with Gasteiger partial charge in [0.2, 0.25) is 0 Å². The smallest absolute Gasteiger partial charge is 0.166 e. The van der Waals surface area contributed by atoms with Crippen LogP contribution in [0.2, 0.25) is 5.02 Å². The fourth-order valence-corrected chi connectivity index (χ4v) is 1.89. The minimum atomic E-state index is 0.0403. The number of aromatic amines is 1. The summed E-state index contributed by atoms with van der Waals surface area (Å²) < 4.78 is 0. The van der Waals surface area contributed by atoms with Crippen LogP contribution in [0, 0.1) is 0 Å². The quantitative estimate of drug-likeness (QED) is 0.646. The molecule has 2 aromatic rings. The Balaban J connectivity index is 2.52. The van der Waals surface area contributed by atoms with Gasteiger partial charge in [-0.05, 0) is 18.2 Å². The molecule has 2 rings (SSSR count). The van der Waals surface area contributed by atoms with Gasteiger partial charge in [0, 0.05) is 40.0 Å². The van der Waals surface area contributed by atoms with E-state index in [4.69, 9.17) is 23.2 Å². The van der Waals surface area contributed by atoms with Crippen LogP contribution < -0.4 is 0 Å². The van der Waals surface area contributed by atoms with Crippen LogP contribution in [0.3, 0.4) is 0 Å². The number of hydrogen-bond acceptors (Lipinski definition) is 1. The molecule has 1 aromatic carbocycles. The van der Waals surface area contributed by atoms with Gasteiger partial charge in [-0.2, -0.15) is 0 Å². The van der Waals surface area contributed by atoms with Crippen LogP contribution in [0.1, 0.15) is 16.8 Å². The van der Waals surface area contributed by atoms with Crippen molar-refractivity contribution in [1.29, 1.82) is 0 Å². The lowest BCUT2D eigenvalue weighted by molar-refractivity contribution is 0.0991. The normalized spacial score (nSPS) is 10.8. The van der Waals surface area contributed by atoms with E-state index in [2.05, 4.69) is 4.98 Å². The zero-order valence-corrected chi connectivity index (χ0v) is 9.40. The molecule has 1 aromatic heterocycles. The second kappa shape index (κ2) is 4.25. The first-order valence-electron chi connectivity index (χ1n) is 4.58. The summed E-state index contributed by atoms with van der Waals surface area (Å²) >= 11 is 11.4. The number of benzene rings is 1. The summed E-state index contributed by atoms with van der Waals surface area (Å²) in [5, 5.41) is 1.49. The molecule has 1 heterocycles. The largest absolute Gasteiger partial charge is 0.360 e. The van der Waals surface area contributed by atoms with Gasteiger partial charge < -0.3 is 4.98 Å².